The lowest BCUT2D eigenvalue weighted by Crippen LogP contribution is -2.11. The van der Waals surface area contributed by atoms with Gasteiger partial charge < -0.3 is 10.8 Å². The Morgan fingerprint density at radius 3 is 2.65 bits per heavy atom. The van der Waals surface area contributed by atoms with Gasteiger partial charge in [0.1, 0.15) is 0 Å². The summed E-state index contributed by atoms with van der Waals surface area (Å²) in [6.07, 6.45) is 10.5. The van der Waals surface area contributed by atoms with Gasteiger partial charge in [0.05, 0.1) is 0 Å². The smallest absolute Gasteiger partial charge is 0.328 e. The summed E-state index contributed by atoms with van der Waals surface area (Å²) in [5.74, 6) is -0.947. The van der Waals surface area contributed by atoms with E-state index in [1.54, 1.807) is 6.08 Å². The zero-order valence-electron chi connectivity index (χ0n) is 9.21. The molecule has 2 rings (SSSR count). The van der Waals surface area contributed by atoms with E-state index in [1.807, 2.05) is 42.5 Å². The van der Waals surface area contributed by atoms with Crippen LogP contribution in [0.3, 0.4) is 0 Å². The maximum Gasteiger partial charge on any atom is 0.328 e. The number of carboxylic acid groups (broad SMARTS) is 1. The van der Waals surface area contributed by atoms with Crippen molar-refractivity contribution in [1.29, 1.82) is 0 Å². The number of carbonyl (C=O) groups is 1. The van der Waals surface area contributed by atoms with Crippen LogP contribution in [0.5, 0.6) is 0 Å². The lowest BCUT2D eigenvalue weighted by molar-refractivity contribution is -0.131. The Bertz CT molecular complexity index is 527. The van der Waals surface area contributed by atoms with Crippen molar-refractivity contribution in [3.8, 4) is 0 Å². The van der Waals surface area contributed by atoms with Crippen LogP contribution < -0.4 is 5.73 Å². The highest BCUT2D eigenvalue weighted by Crippen LogP contribution is 2.19. The Morgan fingerprint density at radius 1 is 1.24 bits per heavy atom. The van der Waals surface area contributed by atoms with Crippen LogP contribution in [-0.2, 0) is 4.79 Å². The van der Waals surface area contributed by atoms with E-state index in [0.29, 0.717) is 0 Å². The Morgan fingerprint density at radius 2 is 1.94 bits per heavy atom. The molecular formula is C14H13NO2. The second kappa shape index (κ2) is 4.80. The number of benzene rings is 1. The summed E-state index contributed by atoms with van der Waals surface area (Å²) < 4.78 is 0. The van der Waals surface area contributed by atoms with Gasteiger partial charge in [-0.05, 0) is 28.8 Å². The lowest BCUT2D eigenvalue weighted by Gasteiger charge is -2.01. The standard InChI is InChI=1S/C14H13NO2/c15-13-6-4-11-3-1-10(2-8-14(16)17)9-12(11)5-7-13/h1-9,13H,15H2,(H,16,17)/b8-2+. The van der Waals surface area contributed by atoms with Crippen molar-refractivity contribution in [1.82, 2.24) is 0 Å². The van der Waals surface area contributed by atoms with E-state index in [0.717, 1.165) is 22.8 Å². The number of rotatable bonds is 2. The molecule has 0 saturated carbocycles. The van der Waals surface area contributed by atoms with Crippen molar-refractivity contribution in [3.05, 3.63) is 53.1 Å². The van der Waals surface area contributed by atoms with Gasteiger partial charge in [0.2, 0.25) is 0 Å². The summed E-state index contributed by atoms with van der Waals surface area (Å²) in [5, 5.41) is 8.56. The second-order valence-electron chi connectivity index (χ2n) is 3.86. The summed E-state index contributed by atoms with van der Waals surface area (Å²) in [6, 6.07) is 5.71. The predicted octanol–water partition coefficient (Wildman–Crippen LogP) is 2.15. The lowest BCUT2D eigenvalue weighted by atomic mass is 10.0. The maximum atomic E-state index is 10.4. The molecule has 0 spiro atoms. The summed E-state index contributed by atoms with van der Waals surface area (Å²) in [6.45, 7) is 0. The summed E-state index contributed by atoms with van der Waals surface area (Å²) >= 11 is 0. The number of aliphatic carboxylic acids is 1. The first-order valence-corrected chi connectivity index (χ1v) is 5.32. The van der Waals surface area contributed by atoms with Gasteiger partial charge >= 0.3 is 5.97 Å². The summed E-state index contributed by atoms with van der Waals surface area (Å²) in [7, 11) is 0. The van der Waals surface area contributed by atoms with Gasteiger partial charge in [-0.25, -0.2) is 4.79 Å². The van der Waals surface area contributed by atoms with E-state index in [-0.39, 0.29) is 6.04 Å². The monoisotopic (exact) mass is 227 g/mol. The molecule has 3 nitrogen and oxygen atoms in total. The highest BCUT2D eigenvalue weighted by molar-refractivity contribution is 5.85. The largest absolute Gasteiger partial charge is 0.478 e. The van der Waals surface area contributed by atoms with Gasteiger partial charge in [0.25, 0.3) is 0 Å². The zero-order chi connectivity index (χ0) is 12.3. The molecule has 17 heavy (non-hydrogen) atoms. The molecule has 86 valence electrons. The average Bonchev–Trinajstić information content (AvgIpc) is 2.49. The molecule has 1 unspecified atom stereocenters. The van der Waals surface area contributed by atoms with Crippen molar-refractivity contribution in [3.63, 3.8) is 0 Å². The first kappa shape index (κ1) is 11.4. The predicted molar refractivity (Wildman–Crippen MR) is 69.2 cm³/mol. The van der Waals surface area contributed by atoms with Crippen LogP contribution in [0.1, 0.15) is 16.7 Å². The Labute approximate surface area is 99.6 Å². The Hall–Kier alpha value is -2.13. The molecule has 0 bridgehead atoms. The SMILES string of the molecule is NC1C=Cc2ccc(/C=C/C(=O)O)cc2C=C1. The molecule has 0 aliphatic heterocycles. The zero-order valence-corrected chi connectivity index (χ0v) is 9.21. The Balaban J connectivity index is 2.35. The van der Waals surface area contributed by atoms with Gasteiger partial charge in [-0.15, -0.1) is 0 Å². The highest BCUT2D eigenvalue weighted by Gasteiger charge is 2.02. The fourth-order valence-corrected chi connectivity index (χ4v) is 1.65. The minimum atomic E-state index is -0.947. The average molecular weight is 227 g/mol. The molecule has 1 atom stereocenters. The van der Waals surface area contributed by atoms with Crippen molar-refractivity contribution >= 4 is 24.2 Å². The molecule has 0 radical (unpaired) electrons. The van der Waals surface area contributed by atoms with Crippen LogP contribution in [0.25, 0.3) is 18.2 Å². The fourth-order valence-electron chi connectivity index (χ4n) is 1.65. The quantitative estimate of drug-likeness (QED) is 0.761. The summed E-state index contributed by atoms with van der Waals surface area (Å²) in [4.78, 5) is 10.4. The third-order valence-electron chi connectivity index (χ3n) is 2.53. The number of fused-ring (bicyclic) bond motifs is 1. The van der Waals surface area contributed by atoms with Crippen molar-refractivity contribution in [2.24, 2.45) is 5.73 Å². The number of carboxylic acids is 1. The number of hydrogen-bond donors (Lipinski definition) is 2. The van der Waals surface area contributed by atoms with Crippen LogP contribution in [0, 0.1) is 0 Å². The minimum absolute atomic E-state index is 0.0691. The van der Waals surface area contributed by atoms with Crippen molar-refractivity contribution < 1.29 is 9.90 Å². The minimum Gasteiger partial charge on any atom is -0.478 e. The molecule has 0 aromatic heterocycles. The van der Waals surface area contributed by atoms with E-state index in [2.05, 4.69) is 0 Å². The molecule has 0 heterocycles. The van der Waals surface area contributed by atoms with Crippen LogP contribution in [0.15, 0.2) is 36.4 Å². The van der Waals surface area contributed by atoms with Gasteiger partial charge in [-0.2, -0.15) is 0 Å². The van der Waals surface area contributed by atoms with Crippen molar-refractivity contribution in [2.75, 3.05) is 0 Å². The van der Waals surface area contributed by atoms with Crippen LogP contribution in [0.4, 0.5) is 0 Å². The molecule has 1 aromatic rings. The third kappa shape index (κ3) is 2.92. The van der Waals surface area contributed by atoms with E-state index < -0.39 is 5.97 Å². The topological polar surface area (TPSA) is 63.3 Å². The van der Waals surface area contributed by atoms with E-state index >= 15 is 0 Å². The van der Waals surface area contributed by atoms with Crippen LogP contribution in [-0.4, -0.2) is 17.1 Å². The molecule has 0 amide bonds. The first-order valence-electron chi connectivity index (χ1n) is 5.32. The molecule has 0 saturated heterocycles. The summed E-state index contributed by atoms with van der Waals surface area (Å²) in [5.41, 5.74) is 8.77. The van der Waals surface area contributed by atoms with Gasteiger partial charge in [0.15, 0.2) is 0 Å². The van der Waals surface area contributed by atoms with Crippen LogP contribution >= 0.6 is 0 Å². The van der Waals surface area contributed by atoms with E-state index in [1.165, 1.54) is 0 Å². The number of nitrogens with two attached hydrogens (primary N) is 1. The van der Waals surface area contributed by atoms with Crippen LogP contribution in [0.2, 0.25) is 0 Å². The normalized spacial score (nSPS) is 18.1. The van der Waals surface area contributed by atoms with E-state index in [9.17, 15) is 4.79 Å². The number of hydrogen-bond acceptors (Lipinski definition) is 2. The molecule has 0 fully saturated rings. The van der Waals surface area contributed by atoms with Crippen molar-refractivity contribution in [2.45, 2.75) is 6.04 Å². The fraction of sp³-hybridized carbons (Fsp3) is 0.0714. The molecule has 1 aromatic carbocycles. The highest BCUT2D eigenvalue weighted by atomic mass is 16.4. The van der Waals surface area contributed by atoms with E-state index in [4.69, 9.17) is 10.8 Å². The Kier molecular flexibility index (Phi) is 3.21. The first-order chi connectivity index (χ1) is 8.15. The molecular weight excluding hydrogens is 214 g/mol. The molecule has 3 N–H and O–H groups in total. The molecule has 3 heteroatoms. The van der Waals surface area contributed by atoms with Gasteiger partial charge in [0, 0.05) is 12.1 Å². The second-order valence-corrected chi connectivity index (χ2v) is 3.86. The van der Waals surface area contributed by atoms with Gasteiger partial charge in [-0.3, -0.25) is 0 Å². The molecule has 1 aliphatic carbocycles. The molecule has 1 aliphatic rings. The third-order valence-corrected chi connectivity index (χ3v) is 2.53. The van der Waals surface area contributed by atoms with Gasteiger partial charge in [-0.1, -0.05) is 36.4 Å². The maximum absolute atomic E-state index is 10.4.